The Kier molecular flexibility index (Phi) is 5.03. The Morgan fingerprint density at radius 2 is 2.15 bits per heavy atom. The van der Waals surface area contributed by atoms with Crippen molar-refractivity contribution in [3.63, 3.8) is 0 Å². The molecule has 0 aliphatic heterocycles. The van der Waals surface area contributed by atoms with E-state index in [2.05, 4.69) is 10.1 Å². The molecule has 1 aromatic carbocycles. The van der Waals surface area contributed by atoms with Crippen molar-refractivity contribution >= 4 is 28.6 Å². The highest BCUT2D eigenvalue weighted by atomic mass is 35.5. The van der Waals surface area contributed by atoms with Crippen molar-refractivity contribution in [1.82, 2.24) is 0 Å². The molecule has 0 unspecified atom stereocenters. The fourth-order valence-electron chi connectivity index (χ4n) is 1.60. The second kappa shape index (κ2) is 6.76. The quantitative estimate of drug-likeness (QED) is 0.842. The first kappa shape index (κ1) is 14.9. The van der Waals surface area contributed by atoms with E-state index in [9.17, 15) is 8.78 Å². The second-order valence-corrected chi connectivity index (χ2v) is 5.26. The Balaban J connectivity index is 2.14. The maximum Gasteiger partial charge on any atom is 0.387 e. The van der Waals surface area contributed by atoms with E-state index < -0.39 is 6.61 Å². The summed E-state index contributed by atoms with van der Waals surface area (Å²) in [6.07, 6.45) is 0. The molecule has 7 heteroatoms. The highest BCUT2D eigenvalue weighted by molar-refractivity contribution is 7.10. The summed E-state index contributed by atoms with van der Waals surface area (Å²) >= 11 is 7.31. The number of ether oxygens (including phenoxy) is 2. The molecule has 3 nitrogen and oxygen atoms in total. The van der Waals surface area contributed by atoms with Crippen LogP contribution in [0.15, 0.2) is 29.6 Å². The molecule has 0 spiro atoms. The van der Waals surface area contributed by atoms with Crippen molar-refractivity contribution in [1.29, 1.82) is 0 Å². The maximum atomic E-state index is 12.4. The first-order valence-electron chi connectivity index (χ1n) is 5.68. The number of rotatable bonds is 6. The van der Waals surface area contributed by atoms with Crippen LogP contribution in [0.1, 0.15) is 4.88 Å². The Morgan fingerprint density at radius 3 is 2.75 bits per heavy atom. The third-order valence-electron chi connectivity index (χ3n) is 2.48. The van der Waals surface area contributed by atoms with Crippen molar-refractivity contribution < 1.29 is 18.3 Å². The lowest BCUT2D eigenvalue weighted by Gasteiger charge is -2.13. The van der Waals surface area contributed by atoms with Crippen LogP contribution in [0.25, 0.3) is 0 Å². The van der Waals surface area contributed by atoms with E-state index in [0.29, 0.717) is 23.0 Å². The molecule has 2 aromatic rings. The molecule has 20 heavy (non-hydrogen) atoms. The van der Waals surface area contributed by atoms with Crippen molar-refractivity contribution in [2.45, 2.75) is 13.2 Å². The molecule has 1 heterocycles. The minimum atomic E-state index is -2.87. The summed E-state index contributed by atoms with van der Waals surface area (Å²) in [5, 5.41) is 5.50. The smallest absolute Gasteiger partial charge is 0.387 e. The number of benzene rings is 1. The van der Waals surface area contributed by atoms with Gasteiger partial charge in [-0.3, -0.25) is 0 Å². The number of hydrogen-bond acceptors (Lipinski definition) is 4. The van der Waals surface area contributed by atoms with Crippen LogP contribution >= 0.6 is 22.9 Å². The summed E-state index contributed by atoms with van der Waals surface area (Å²) in [6, 6.07) is 6.42. The summed E-state index contributed by atoms with van der Waals surface area (Å²) in [4.78, 5) is 0.987. The zero-order chi connectivity index (χ0) is 14.5. The fraction of sp³-hybridized carbons (Fsp3) is 0.231. The standard InChI is InChI=1S/C13H12ClF2NO2S/c1-18-9-2-3-12(19-13(15)16)11(5-9)17-6-10-4-8(14)7-20-10/h2-5,7,13,17H,6H2,1H3. The Hall–Kier alpha value is -1.53. The molecular weight excluding hydrogens is 308 g/mol. The van der Waals surface area contributed by atoms with Gasteiger partial charge in [-0.25, -0.2) is 0 Å². The number of thiophene rings is 1. The van der Waals surface area contributed by atoms with Gasteiger partial charge < -0.3 is 14.8 Å². The molecule has 1 aromatic heterocycles. The Morgan fingerprint density at radius 1 is 1.35 bits per heavy atom. The molecule has 0 saturated carbocycles. The van der Waals surface area contributed by atoms with E-state index in [0.717, 1.165) is 4.88 Å². The first-order chi connectivity index (χ1) is 9.58. The summed E-state index contributed by atoms with van der Waals surface area (Å²) in [5.74, 6) is 0.627. The number of hydrogen-bond donors (Lipinski definition) is 1. The summed E-state index contributed by atoms with van der Waals surface area (Å²) in [7, 11) is 1.51. The zero-order valence-electron chi connectivity index (χ0n) is 10.5. The monoisotopic (exact) mass is 319 g/mol. The SMILES string of the molecule is COc1ccc(OC(F)F)c(NCc2cc(Cl)cs2)c1. The minimum Gasteiger partial charge on any atom is -0.497 e. The molecule has 0 bridgehead atoms. The summed E-state index contributed by atoms with van der Waals surface area (Å²) in [6.45, 7) is -2.41. The van der Waals surface area contributed by atoms with Gasteiger partial charge in [0.1, 0.15) is 11.5 Å². The average Bonchev–Trinajstić information content (AvgIpc) is 2.83. The van der Waals surface area contributed by atoms with Gasteiger partial charge in [-0.2, -0.15) is 8.78 Å². The van der Waals surface area contributed by atoms with Crippen LogP contribution in [-0.4, -0.2) is 13.7 Å². The van der Waals surface area contributed by atoms with Crippen LogP contribution in [0.5, 0.6) is 11.5 Å². The third kappa shape index (κ3) is 3.98. The van der Waals surface area contributed by atoms with Crippen molar-refractivity contribution in [3.05, 3.63) is 39.5 Å². The Bertz CT molecular complexity index is 577. The van der Waals surface area contributed by atoms with Crippen LogP contribution in [0, 0.1) is 0 Å². The van der Waals surface area contributed by atoms with E-state index in [1.165, 1.54) is 24.5 Å². The second-order valence-electron chi connectivity index (χ2n) is 3.83. The predicted octanol–water partition coefficient (Wildman–Crippen LogP) is 4.62. The molecular formula is C13H12ClF2NO2S. The maximum absolute atomic E-state index is 12.4. The fourth-order valence-corrected chi connectivity index (χ4v) is 2.61. The van der Waals surface area contributed by atoms with Gasteiger partial charge in [0, 0.05) is 22.9 Å². The van der Waals surface area contributed by atoms with Gasteiger partial charge in [0.15, 0.2) is 0 Å². The van der Waals surface area contributed by atoms with E-state index >= 15 is 0 Å². The zero-order valence-corrected chi connectivity index (χ0v) is 12.1. The largest absolute Gasteiger partial charge is 0.497 e. The summed E-state index contributed by atoms with van der Waals surface area (Å²) in [5.41, 5.74) is 0.439. The van der Waals surface area contributed by atoms with Crippen LogP contribution in [0.3, 0.4) is 0 Å². The predicted molar refractivity (Wildman–Crippen MR) is 76.3 cm³/mol. The molecule has 0 amide bonds. The molecule has 0 atom stereocenters. The Labute approximate surface area is 124 Å². The lowest BCUT2D eigenvalue weighted by Crippen LogP contribution is -2.06. The van der Waals surface area contributed by atoms with Gasteiger partial charge in [-0.15, -0.1) is 11.3 Å². The number of nitrogens with one attached hydrogen (secondary N) is 1. The van der Waals surface area contributed by atoms with Crippen LogP contribution in [-0.2, 0) is 6.54 Å². The van der Waals surface area contributed by atoms with Gasteiger partial charge in [0.05, 0.1) is 17.8 Å². The molecule has 108 valence electrons. The lowest BCUT2D eigenvalue weighted by atomic mass is 10.2. The molecule has 0 radical (unpaired) electrons. The van der Waals surface area contributed by atoms with Crippen LogP contribution in [0.4, 0.5) is 14.5 Å². The molecule has 0 aliphatic rings. The number of alkyl halides is 2. The first-order valence-corrected chi connectivity index (χ1v) is 6.94. The topological polar surface area (TPSA) is 30.5 Å². The highest BCUT2D eigenvalue weighted by Gasteiger charge is 2.11. The third-order valence-corrected chi connectivity index (χ3v) is 3.76. The van der Waals surface area contributed by atoms with E-state index in [1.807, 2.05) is 6.07 Å². The van der Waals surface area contributed by atoms with Gasteiger partial charge >= 0.3 is 6.61 Å². The average molecular weight is 320 g/mol. The summed E-state index contributed by atoms with van der Waals surface area (Å²) < 4.78 is 34.2. The molecule has 0 saturated heterocycles. The van der Waals surface area contributed by atoms with Gasteiger partial charge in [-0.1, -0.05) is 11.6 Å². The molecule has 2 rings (SSSR count). The van der Waals surface area contributed by atoms with E-state index in [4.69, 9.17) is 16.3 Å². The molecule has 1 N–H and O–H groups in total. The molecule has 0 fully saturated rings. The number of methoxy groups -OCH3 is 1. The van der Waals surface area contributed by atoms with Crippen molar-refractivity contribution in [3.8, 4) is 11.5 Å². The minimum absolute atomic E-state index is 0.0726. The van der Waals surface area contributed by atoms with Crippen molar-refractivity contribution in [2.75, 3.05) is 12.4 Å². The van der Waals surface area contributed by atoms with Gasteiger partial charge in [-0.05, 0) is 18.2 Å². The highest BCUT2D eigenvalue weighted by Crippen LogP contribution is 2.31. The van der Waals surface area contributed by atoms with Crippen LogP contribution in [0.2, 0.25) is 5.02 Å². The van der Waals surface area contributed by atoms with E-state index in [-0.39, 0.29) is 5.75 Å². The van der Waals surface area contributed by atoms with E-state index in [1.54, 1.807) is 17.5 Å². The normalized spacial score (nSPS) is 10.7. The van der Waals surface area contributed by atoms with Crippen LogP contribution < -0.4 is 14.8 Å². The number of anilines is 1. The lowest BCUT2D eigenvalue weighted by molar-refractivity contribution is -0.0493. The number of halogens is 3. The molecule has 0 aliphatic carbocycles. The van der Waals surface area contributed by atoms with Gasteiger partial charge in [0.25, 0.3) is 0 Å². The van der Waals surface area contributed by atoms with Crippen molar-refractivity contribution in [2.24, 2.45) is 0 Å². The van der Waals surface area contributed by atoms with Gasteiger partial charge in [0.2, 0.25) is 0 Å².